The van der Waals surface area contributed by atoms with E-state index in [0.717, 1.165) is 37.9 Å². The largest absolute Gasteiger partial charge is 0.491 e. The first-order valence-electron chi connectivity index (χ1n) is 9.60. The third kappa shape index (κ3) is 3.62. The van der Waals surface area contributed by atoms with Gasteiger partial charge in [0.05, 0.1) is 12.3 Å². The Morgan fingerprint density at radius 2 is 2.26 bits per heavy atom. The Hall–Kier alpha value is -2.60. The molecule has 0 aliphatic carbocycles. The van der Waals surface area contributed by atoms with Crippen molar-refractivity contribution < 1.29 is 9.53 Å². The van der Waals surface area contributed by atoms with E-state index >= 15 is 0 Å². The van der Waals surface area contributed by atoms with Gasteiger partial charge in [0.25, 0.3) is 11.5 Å². The number of aromatic nitrogens is 1. The average molecular weight is 367 g/mol. The predicted octanol–water partition coefficient (Wildman–Crippen LogP) is 2.34. The van der Waals surface area contributed by atoms with Gasteiger partial charge in [0, 0.05) is 19.2 Å². The lowest BCUT2D eigenvalue weighted by Crippen LogP contribution is -2.36. The van der Waals surface area contributed by atoms with Crippen LogP contribution in [0.5, 0.6) is 5.75 Å². The number of piperidine rings is 1. The fourth-order valence-corrected chi connectivity index (χ4v) is 3.94. The summed E-state index contributed by atoms with van der Waals surface area (Å²) < 4.78 is 7.32. The van der Waals surface area contributed by atoms with Crippen LogP contribution in [0.25, 0.3) is 0 Å². The zero-order valence-electron chi connectivity index (χ0n) is 15.6. The molecule has 0 radical (unpaired) electrons. The molecule has 2 N–H and O–H groups in total. The van der Waals surface area contributed by atoms with E-state index in [-0.39, 0.29) is 17.0 Å². The van der Waals surface area contributed by atoms with E-state index in [1.165, 1.54) is 0 Å². The molecule has 1 atom stereocenters. The van der Waals surface area contributed by atoms with Crippen molar-refractivity contribution in [3.05, 3.63) is 57.5 Å². The summed E-state index contributed by atoms with van der Waals surface area (Å²) in [6, 6.07) is 7.55. The van der Waals surface area contributed by atoms with Crippen LogP contribution < -0.4 is 20.9 Å². The van der Waals surface area contributed by atoms with Crippen molar-refractivity contribution in [1.82, 2.24) is 9.88 Å². The second-order valence-corrected chi connectivity index (χ2v) is 7.39. The van der Waals surface area contributed by atoms with Crippen molar-refractivity contribution in [3.63, 3.8) is 0 Å². The van der Waals surface area contributed by atoms with Gasteiger partial charge in [-0.25, -0.2) is 0 Å². The molecule has 0 spiro atoms. The maximum Gasteiger partial charge on any atom is 0.263 e. The first-order valence-corrected chi connectivity index (χ1v) is 9.60. The Bertz CT molecular complexity index is 913. The van der Waals surface area contributed by atoms with Crippen LogP contribution in [-0.4, -0.2) is 30.2 Å². The molecule has 0 bridgehead atoms. The van der Waals surface area contributed by atoms with Gasteiger partial charge in [-0.3, -0.25) is 9.59 Å². The summed E-state index contributed by atoms with van der Waals surface area (Å²) in [5, 5.41) is 6.25. The van der Waals surface area contributed by atoms with Crippen molar-refractivity contribution in [2.75, 3.05) is 25.0 Å². The lowest BCUT2D eigenvalue weighted by molar-refractivity contribution is 0.102. The maximum absolute atomic E-state index is 13.0. The summed E-state index contributed by atoms with van der Waals surface area (Å²) in [7, 11) is 0. The second kappa shape index (κ2) is 7.56. The van der Waals surface area contributed by atoms with Gasteiger partial charge >= 0.3 is 0 Å². The minimum Gasteiger partial charge on any atom is -0.491 e. The molecule has 2 aliphatic rings. The number of carbonyl (C=O) groups excluding carboxylic acids is 1. The topological polar surface area (TPSA) is 72.4 Å². The van der Waals surface area contributed by atoms with Crippen LogP contribution >= 0.6 is 0 Å². The smallest absolute Gasteiger partial charge is 0.263 e. The van der Waals surface area contributed by atoms with Gasteiger partial charge in [-0.05, 0) is 62.0 Å². The molecule has 1 amide bonds. The summed E-state index contributed by atoms with van der Waals surface area (Å²) in [6.07, 6.45) is 4.86. The van der Waals surface area contributed by atoms with Crippen molar-refractivity contribution in [1.29, 1.82) is 0 Å². The lowest BCUT2D eigenvalue weighted by atomic mass is 9.99. The second-order valence-electron chi connectivity index (χ2n) is 7.39. The van der Waals surface area contributed by atoms with E-state index < -0.39 is 0 Å². The van der Waals surface area contributed by atoms with Gasteiger partial charge in [0.15, 0.2) is 0 Å². The lowest BCUT2D eigenvalue weighted by Gasteiger charge is -2.23. The molecule has 6 nitrogen and oxygen atoms in total. The van der Waals surface area contributed by atoms with Gasteiger partial charge in [0.1, 0.15) is 11.3 Å². The Balaban J connectivity index is 1.59. The number of hydrogen-bond acceptors (Lipinski definition) is 4. The molecule has 1 aromatic carbocycles. The van der Waals surface area contributed by atoms with Crippen LogP contribution in [0.4, 0.5) is 5.69 Å². The van der Waals surface area contributed by atoms with Crippen molar-refractivity contribution in [2.24, 2.45) is 5.92 Å². The van der Waals surface area contributed by atoms with Crippen molar-refractivity contribution >= 4 is 11.6 Å². The summed E-state index contributed by atoms with van der Waals surface area (Å²) in [6.45, 7) is 5.01. The van der Waals surface area contributed by atoms with Crippen LogP contribution in [0.3, 0.4) is 0 Å². The highest BCUT2D eigenvalue weighted by molar-refractivity contribution is 6.05. The number of fused-ring (bicyclic) bond motifs is 1. The van der Waals surface area contributed by atoms with Gasteiger partial charge in [-0.1, -0.05) is 12.1 Å². The fraction of sp³-hybridized carbons (Fsp3) is 0.429. The number of nitrogens with zero attached hydrogens (tertiary/aromatic N) is 1. The molecule has 2 aromatic rings. The zero-order chi connectivity index (χ0) is 18.8. The monoisotopic (exact) mass is 367 g/mol. The number of hydrogen-bond donors (Lipinski definition) is 2. The Labute approximate surface area is 158 Å². The Morgan fingerprint density at radius 1 is 1.37 bits per heavy atom. The number of amides is 1. The molecule has 142 valence electrons. The number of para-hydroxylation sites is 1. The summed E-state index contributed by atoms with van der Waals surface area (Å²) in [5.74, 6) is 0.756. The SMILES string of the molecule is Cc1ccn(CC2CCCNC2)c(=O)c1C(=O)Nc1cccc2c1OCC2. The molecular formula is C21H25N3O3. The third-order valence-corrected chi connectivity index (χ3v) is 5.42. The number of carbonyl (C=O) groups is 1. The molecule has 0 saturated carbocycles. The molecular weight excluding hydrogens is 342 g/mol. The van der Waals surface area contributed by atoms with E-state index in [4.69, 9.17) is 4.74 Å². The molecule has 1 unspecified atom stereocenters. The highest BCUT2D eigenvalue weighted by Gasteiger charge is 2.22. The van der Waals surface area contributed by atoms with Crippen LogP contribution in [-0.2, 0) is 13.0 Å². The highest BCUT2D eigenvalue weighted by atomic mass is 16.5. The quantitative estimate of drug-likeness (QED) is 0.870. The minimum absolute atomic E-state index is 0.205. The number of aryl methyl sites for hydroxylation is 1. The maximum atomic E-state index is 13.0. The molecule has 1 fully saturated rings. The van der Waals surface area contributed by atoms with Crippen molar-refractivity contribution in [3.8, 4) is 5.75 Å². The number of nitrogens with one attached hydrogen (secondary N) is 2. The standard InChI is InChI=1S/C21H25N3O3/c1-14-7-10-24(13-15-4-3-9-22-12-15)21(26)18(14)20(25)23-17-6-2-5-16-8-11-27-19(16)17/h2,5-7,10,15,22H,3-4,8-9,11-13H2,1H3,(H,23,25). The number of pyridine rings is 1. The van der Waals surface area contributed by atoms with Gasteiger partial charge in [-0.15, -0.1) is 0 Å². The normalized spacial score (nSPS) is 18.6. The first kappa shape index (κ1) is 17.8. The first-order chi connectivity index (χ1) is 13.1. The highest BCUT2D eigenvalue weighted by Crippen LogP contribution is 2.33. The van der Waals surface area contributed by atoms with Crippen molar-refractivity contribution in [2.45, 2.75) is 32.7 Å². The fourth-order valence-electron chi connectivity index (χ4n) is 3.94. The van der Waals surface area contributed by atoms with Crippen LogP contribution in [0, 0.1) is 12.8 Å². The van der Waals surface area contributed by atoms with E-state index in [1.807, 2.05) is 24.3 Å². The number of rotatable bonds is 4. The Kier molecular flexibility index (Phi) is 4.99. The molecule has 6 heteroatoms. The number of anilines is 1. The summed E-state index contributed by atoms with van der Waals surface area (Å²) >= 11 is 0. The molecule has 1 aromatic heterocycles. The molecule has 27 heavy (non-hydrogen) atoms. The molecule has 1 saturated heterocycles. The predicted molar refractivity (Wildman–Crippen MR) is 105 cm³/mol. The van der Waals surface area contributed by atoms with E-state index in [2.05, 4.69) is 10.6 Å². The van der Waals surface area contributed by atoms with Gasteiger partial charge in [0.2, 0.25) is 0 Å². The average Bonchev–Trinajstić information content (AvgIpc) is 3.15. The van der Waals surface area contributed by atoms with E-state index in [0.29, 0.717) is 36.1 Å². The van der Waals surface area contributed by atoms with Crippen LogP contribution in [0.2, 0.25) is 0 Å². The number of ether oxygens (including phenoxy) is 1. The third-order valence-electron chi connectivity index (χ3n) is 5.42. The minimum atomic E-state index is -0.377. The molecule has 3 heterocycles. The molecule has 2 aliphatic heterocycles. The van der Waals surface area contributed by atoms with E-state index in [1.54, 1.807) is 17.7 Å². The van der Waals surface area contributed by atoms with E-state index in [9.17, 15) is 9.59 Å². The Morgan fingerprint density at radius 3 is 3.07 bits per heavy atom. The summed E-state index contributed by atoms with van der Waals surface area (Å²) in [5.41, 5.74) is 2.37. The van der Waals surface area contributed by atoms with Gasteiger partial charge < -0.3 is 19.9 Å². The zero-order valence-corrected chi connectivity index (χ0v) is 15.6. The molecule has 4 rings (SSSR count). The van der Waals surface area contributed by atoms with Gasteiger partial charge in [-0.2, -0.15) is 0 Å². The van der Waals surface area contributed by atoms with Crippen LogP contribution in [0.15, 0.2) is 35.3 Å². The van der Waals surface area contributed by atoms with Crippen LogP contribution in [0.1, 0.15) is 34.3 Å². The number of benzene rings is 1. The summed E-state index contributed by atoms with van der Waals surface area (Å²) in [4.78, 5) is 25.9.